The lowest BCUT2D eigenvalue weighted by Gasteiger charge is -2.35. The molecule has 3 aromatic carbocycles. The van der Waals surface area contributed by atoms with Crippen molar-refractivity contribution in [2.45, 2.75) is 64.1 Å². The molecular formula is C30H35Cl2N3O4S. The number of carbonyl (C=O) groups is 2. The van der Waals surface area contributed by atoms with E-state index >= 15 is 0 Å². The van der Waals surface area contributed by atoms with Gasteiger partial charge in [0, 0.05) is 22.1 Å². The summed E-state index contributed by atoms with van der Waals surface area (Å²) in [6, 6.07) is 18.9. The third-order valence-corrected chi connectivity index (χ3v) is 8.46. The van der Waals surface area contributed by atoms with Crippen molar-refractivity contribution in [2.24, 2.45) is 0 Å². The van der Waals surface area contributed by atoms with Gasteiger partial charge in [-0.15, -0.1) is 0 Å². The minimum absolute atomic E-state index is 0.0314. The fraction of sp³-hybridized carbons (Fsp3) is 0.333. The second-order valence-electron chi connectivity index (χ2n) is 10.6. The van der Waals surface area contributed by atoms with Crippen molar-refractivity contribution < 1.29 is 18.0 Å². The summed E-state index contributed by atoms with van der Waals surface area (Å²) < 4.78 is 28.9. The van der Waals surface area contributed by atoms with E-state index < -0.39 is 34.1 Å². The number of hydrogen-bond acceptors (Lipinski definition) is 4. The van der Waals surface area contributed by atoms with Gasteiger partial charge in [0.2, 0.25) is 11.8 Å². The van der Waals surface area contributed by atoms with E-state index in [-0.39, 0.29) is 23.0 Å². The van der Waals surface area contributed by atoms with Gasteiger partial charge in [0.15, 0.2) is 0 Å². The number of benzene rings is 3. The first-order valence-electron chi connectivity index (χ1n) is 12.9. The van der Waals surface area contributed by atoms with Crippen LogP contribution in [0.4, 0.5) is 5.69 Å². The maximum Gasteiger partial charge on any atom is 0.264 e. The molecule has 40 heavy (non-hydrogen) atoms. The molecular weight excluding hydrogens is 569 g/mol. The van der Waals surface area contributed by atoms with Crippen molar-refractivity contribution in [3.8, 4) is 0 Å². The molecule has 0 bridgehead atoms. The van der Waals surface area contributed by atoms with Crippen molar-refractivity contribution in [1.82, 2.24) is 10.2 Å². The molecule has 1 atom stereocenters. The first-order chi connectivity index (χ1) is 18.7. The Labute approximate surface area is 247 Å². The van der Waals surface area contributed by atoms with Crippen LogP contribution in [0.2, 0.25) is 10.0 Å². The summed E-state index contributed by atoms with van der Waals surface area (Å²) in [5.74, 6) is -0.863. The second kappa shape index (κ2) is 13.1. The fourth-order valence-electron chi connectivity index (χ4n) is 4.24. The largest absolute Gasteiger partial charge is 0.350 e. The zero-order valence-corrected chi connectivity index (χ0v) is 25.6. The molecule has 0 aliphatic heterocycles. The monoisotopic (exact) mass is 603 g/mol. The molecule has 3 rings (SSSR count). The molecule has 0 aromatic heterocycles. The quantitative estimate of drug-likeness (QED) is 0.298. The molecule has 0 saturated heterocycles. The van der Waals surface area contributed by atoms with Gasteiger partial charge in [-0.05, 0) is 81.6 Å². The Morgan fingerprint density at radius 2 is 1.52 bits per heavy atom. The van der Waals surface area contributed by atoms with Gasteiger partial charge in [-0.25, -0.2) is 8.42 Å². The number of nitrogens with one attached hydrogen (secondary N) is 1. The summed E-state index contributed by atoms with van der Waals surface area (Å²) >= 11 is 12.3. The lowest BCUT2D eigenvalue weighted by Crippen LogP contribution is -2.55. The van der Waals surface area contributed by atoms with Gasteiger partial charge in [-0.3, -0.25) is 13.9 Å². The van der Waals surface area contributed by atoms with Crippen molar-refractivity contribution in [1.29, 1.82) is 0 Å². The number of aryl methyl sites for hydroxylation is 1. The Balaban J connectivity index is 2.10. The lowest BCUT2D eigenvalue weighted by molar-refractivity contribution is -0.141. The Hall–Kier alpha value is -3.07. The van der Waals surface area contributed by atoms with Crippen LogP contribution in [0.5, 0.6) is 0 Å². The number of amides is 2. The van der Waals surface area contributed by atoms with Gasteiger partial charge < -0.3 is 10.2 Å². The van der Waals surface area contributed by atoms with Crippen LogP contribution in [0.25, 0.3) is 0 Å². The van der Waals surface area contributed by atoms with Gasteiger partial charge in [0.05, 0.1) is 10.6 Å². The van der Waals surface area contributed by atoms with Crippen LogP contribution in [-0.4, -0.2) is 43.3 Å². The van der Waals surface area contributed by atoms with Crippen LogP contribution in [0.3, 0.4) is 0 Å². The minimum atomic E-state index is -4.17. The average Bonchev–Trinajstić information content (AvgIpc) is 2.89. The highest BCUT2D eigenvalue weighted by molar-refractivity contribution is 7.92. The average molecular weight is 605 g/mol. The Kier molecular flexibility index (Phi) is 10.3. The molecule has 10 heteroatoms. The second-order valence-corrected chi connectivity index (χ2v) is 13.3. The molecule has 0 saturated carbocycles. The maximum atomic E-state index is 14.1. The number of nitrogens with zero attached hydrogens (tertiary/aromatic N) is 2. The molecule has 7 nitrogen and oxygen atoms in total. The lowest BCUT2D eigenvalue weighted by atomic mass is 10.1. The smallest absolute Gasteiger partial charge is 0.264 e. The fourth-order valence-corrected chi connectivity index (χ4v) is 6.03. The van der Waals surface area contributed by atoms with Crippen LogP contribution < -0.4 is 9.62 Å². The van der Waals surface area contributed by atoms with Gasteiger partial charge in [-0.2, -0.15) is 0 Å². The van der Waals surface area contributed by atoms with Crippen LogP contribution >= 0.6 is 23.2 Å². The van der Waals surface area contributed by atoms with E-state index in [0.717, 1.165) is 9.87 Å². The van der Waals surface area contributed by atoms with Gasteiger partial charge in [0.25, 0.3) is 10.0 Å². The highest BCUT2D eigenvalue weighted by atomic mass is 35.5. The van der Waals surface area contributed by atoms with E-state index in [1.54, 1.807) is 61.5 Å². The number of sulfonamides is 1. The van der Waals surface area contributed by atoms with Gasteiger partial charge in [-0.1, -0.05) is 66.5 Å². The molecule has 0 fully saturated rings. The van der Waals surface area contributed by atoms with Crippen LogP contribution in [0.15, 0.2) is 77.7 Å². The van der Waals surface area contributed by atoms with E-state index in [9.17, 15) is 18.0 Å². The SMILES string of the molecule is CC[C@@H](C(=O)NC(C)(C)C)N(Cc1ccc(Cl)cc1)C(=O)CN(c1cc(Cl)ccc1C)S(=O)(=O)c1ccccc1. The summed E-state index contributed by atoms with van der Waals surface area (Å²) in [6.45, 7) is 8.69. The van der Waals surface area contributed by atoms with Crippen molar-refractivity contribution in [3.63, 3.8) is 0 Å². The van der Waals surface area contributed by atoms with Crippen molar-refractivity contribution >= 4 is 50.7 Å². The van der Waals surface area contributed by atoms with Crippen molar-refractivity contribution in [3.05, 3.63) is 94.0 Å². The standard InChI is InChI=1S/C30H35Cl2N3O4S/c1-6-26(29(37)33-30(3,4)5)34(19-22-13-16-23(31)17-14-22)28(36)20-35(27-18-24(32)15-12-21(27)2)40(38,39)25-10-8-7-9-11-25/h7-18,26H,6,19-20H2,1-5H3,(H,33,37)/t26-/m0/s1. The molecule has 0 aliphatic rings. The van der Waals surface area contributed by atoms with Crippen molar-refractivity contribution in [2.75, 3.05) is 10.8 Å². The van der Waals surface area contributed by atoms with E-state index in [0.29, 0.717) is 22.0 Å². The van der Waals surface area contributed by atoms with E-state index in [2.05, 4.69) is 5.32 Å². The predicted molar refractivity (Wildman–Crippen MR) is 161 cm³/mol. The van der Waals surface area contributed by atoms with E-state index in [4.69, 9.17) is 23.2 Å². The molecule has 214 valence electrons. The van der Waals surface area contributed by atoms with E-state index in [1.165, 1.54) is 23.1 Å². The number of hydrogen-bond donors (Lipinski definition) is 1. The zero-order valence-electron chi connectivity index (χ0n) is 23.3. The number of carbonyl (C=O) groups excluding carboxylic acids is 2. The highest BCUT2D eigenvalue weighted by Gasteiger charge is 2.35. The maximum absolute atomic E-state index is 14.1. The van der Waals surface area contributed by atoms with Crippen LogP contribution in [-0.2, 0) is 26.2 Å². The third kappa shape index (κ3) is 7.99. The summed E-state index contributed by atoms with van der Waals surface area (Å²) in [6.07, 6.45) is 0.322. The normalized spacial score (nSPS) is 12.5. The summed E-state index contributed by atoms with van der Waals surface area (Å²) in [4.78, 5) is 29.0. The molecule has 1 N–H and O–H groups in total. The van der Waals surface area contributed by atoms with Crippen LogP contribution in [0, 0.1) is 6.92 Å². The molecule has 0 unspecified atom stereocenters. The Morgan fingerprint density at radius 3 is 2.10 bits per heavy atom. The van der Waals surface area contributed by atoms with Crippen LogP contribution in [0.1, 0.15) is 45.2 Å². The Morgan fingerprint density at radius 1 is 0.925 bits per heavy atom. The summed E-state index contributed by atoms with van der Waals surface area (Å²) in [7, 11) is -4.17. The summed E-state index contributed by atoms with van der Waals surface area (Å²) in [5.41, 5.74) is 1.12. The molecule has 0 heterocycles. The van der Waals surface area contributed by atoms with E-state index in [1.807, 2.05) is 27.7 Å². The zero-order chi connectivity index (χ0) is 29.7. The molecule has 0 aliphatic carbocycles. The Bertz CT molecular complexity index is 1440. The third-order valence-electron chi connectivity index (χ3n) is 6.20. The number of rotatable bonds is 10. The molecule has 0 radical (unpaired) electrons. The van der Waals surface area contributed by atoms with Gasteiger partial charge in [0.1, 0.15) is 12.6 Å². The van der Waals surface area contributed by atoms with Gasteiger partial charge >= 0.3 is 0 Å². The number of halogens is 2. The molecule has 0 spiro atoms. The summed E-state index contributed by atoms with van der Waals surface area (Å²) in [5, 5.41) is 3.82. The topological polar surface area (TPSA) is 86.8 Å². The predicted octanol–water partition coefficient (Wildman–Crippen LogP) is 6.22. The first-order valence-corrected chi connectivity index (χ1v) is 15.1. The molecule has 2 amide bonds. The first kappa shape index (κ1) is 31.5. The molecule has 3 aromatic rings. The highest BCUT2D eigenvalue weighted by Crippen LogP contribution is 2.30. The minimum Gasteiger partial charge on any atom is -0.350 e. The number of anilines is 1.